The molecule has 1 rings (SSSR count). The smallest absolute Gasteiger partial charge is 0.326 e. The topological polar surface area (TPSA) is 29.5 Å². The molecule has 0 N–H and O–H groups in total. The van der Waals surface area contributed by atoms with Gasteiger partial charge in [-0.05, 0) is 23.4 Å². The zero-order valence-corrected chi connectivity index (χ0v) is 10.5. The Labute approximate surface area is 94.5 Å². The highest BCUT2D eigenvalue weighted by Crippen LogP contribution is 2.14. The van der Waals surface area contributed by atoms with Gasteiger partial charge in [-0.15, -0.1) is 0 Å². The van der Waals surface area contributed by atoms with Gasteiger partial charge in [-0.25, -0.2) is 0 Å². The van der Waals surface area contributed by atoms with Crippen molar-refractivity contribution in [1.29, 1.82) is 0 Å². The van der Waals surface area contributed by atoms with Crippen LogP contribution in [0, 0.1) is 0 Å². The van der Waals surface area contributed by atoms with Crippen molar-refractivity contribution in [3.8, 4) is 0 Å². The van der Waals surface area contributed by atoms with Crippen molar-refractivity contribution in [2.45, 2.75) is 13.8 Å². The number of hydrogen-bond donors (Lipinski definition) is 0. The average molecular weight is 307 g/mol. The summed E-state index contributed by atoms with van der Waals surface area (Å²) in [6.07, 6.45) is 8.00. The van der Waals surface area contributed by atoms with Crippen LogP contribution in [0.1, 0.15) is 13.8 Å². The highest BCUT2D eigenvalue weighted by Gasteiger charge is 2.06. The van der Waals surface area contributed by atoms with E-state index in [0.717, 1.165) is 0 Å². The normalized spacial score (nSPS) is 15.6. The molecule has 0 aliphatic carbocycles. The summed E-state index contributed by atoms with van der Waals surface area (Å²) in [6, 6.07) is 0. The number of nitrogens with zero attached hydrogens (tertiary/aromatic N) is 1. The van der Waals surface area contributed by atoms with Gasteiger partial charge in [-0.2, -0.15) is 0 Å². The van der Waals surface area contributed by atoms with E-state index >= 15 is 0 Å². The molecular formula is C10H14INO2. The second kappa shape index (κ2) is 5.95. The minimum Gasteiger partial charge on any atom is -0.465 e. The van der Waals surface area contributed by atoms with Crippen LogP contribution in [-0.4, -0.2) is 25.7 Å². The summed E-state index contributed by atoms with van der Waals surface area (Å²) >= 11 is -0.211. The second-order valence-electron chi connectivity index (χ2n) is 2.73. The summed E-state index contributed by atoms with van der Waals surface area (Å²) < 4.78 is 8.29. The van der Waals surface area contributed by atoms with Gasteiger partial charge < -0.3 is 7.85 Å². The Morgan fingerprint density at radius 1 is 1.57 bits per heavy atom. The molecule has 0 atom stereocenters. The molecule has 0 spiro atoms. The lowest BCUT2D eigenvalue weighted by Gasteiger charge is -2.12. The molecule has 0 bridgehead atoms. The fraction of sp³-hybridized carbons (Fsp3) is 0.400. The fourth-order valence-corrected chi connectivity index (χ4v) is 3.11. The first-order valence-electron chi connectivity index (χ1n) is 4.48. The van der Waals surface area contributed by atoms with Crippen LogP contribution in [0.25, 0.3) is 0 Å². The maximum atomic E-state index is 11.2. The maximum absolute atomic E-state index is 11.2. The highest BCUT2D eigenvalue weighted by molar-refractivity contribution is 14.2. The van der Waals surface area contributed by atoms with Gasteiger partial charge in [-0.3, -0.25) is 4.79 Å². The van der Waals surface area contributed by atoms with Crippen molar-refractivity contribution in [3.63, 3.8) is 0 Å². The summed E-state index contributed by atoms with van der Waals surface area (Å²) in [5, 5.41) is 0. The molecule has 1 aliphatic rings. The first-order valence-corrected chi connectivity index (χ1v) is 6.52. The first kappa shape index (κ1) is 11.4. The lowest BCUT2D eigenvalue weighted by molar-refractivity contribution is -0.142. The third-order valence-electron chi connectivity index (χ3n) is 1.51. The molecule has 1 aliphatic heterocycles. The second-order valence-corrected chi connectivity index (χ2v) is 6.16. The number of ether oxygens (including phenoxy) is 1. The molecular weight excluding hydrogens is 293 g/mol. The van der Waals surface area contributed by atoms with Crippen LogP contribution in [0.4, 0.5) is 0 Å². The van der Waals surface area contributed by atoms with Crippen LogP contribution in [0.5, 0.6) is 0 Å². The predicted molar refractivity (Wildman–Crippen MR) is 66.3 cm³/mol. The standard InChI is InChI=1S/C10H14INO2/c1-3-14-10(13)8-12-7-5-4-6-9(2)11-12/h4-7H,3,8H2,1-2H3. The summed E-state index contributed by atoms with van der Waals surface area (Å²) in [7, 11) is 0. The number of carbonyl (C=O) groups is 1. The molecule has 0 saturated carbocycles. The van der Waals surface area contributed by atoms with E-state index in [9.17, 15) is 4.79 Å². The summed E-state index contributed by atoms with van der Waals surface area (Å²) in [5.74, 6) is -0.147. The Balaban J connectivity index is 2.53. The van der Waals surface area contributed by atoms with Crippen molar-refractivity contribution in [2.75, 3.05) is 13.2 Å². The van der Waals surface area contributed by atoms with Crippen LogP contribution in [0.3, 0.4) is 0 Å². The summed E-state index contributed by atoms with van der Waals surface area (Å²) in [5.41, 5.74) is 0. The number of hydrogen-bond acceptors (Lipinski definition) is 3. The Morgan fingerprint density at radius 3 is 3.07 bits per heavy atom. The van der Waals surface area contributed by atoms with Gasteiger partial charge in [0.15, 0.2) is 0 Å². The molecule has 0 saturated heterocycles. The number of carbonyl (C=O) groups excluding carboxylic acids is 1. The van der Waals surface area contributed by atoms with E-state index in [0.29, 0.717) is 13.2 Å². The van der Waals surface area contributed by atoms with Gasteiger partial charge >= 0.3 is 5.97 Å². The van der Waals surface area contributed by atoms with Crippen LogP contribution >= 0.6 is 21.0 Å². The van der Waals surface area contributed by atoms with Crippen molar-refractivity contribution in [3.05, 3.63) is 24.4 Å². The Bertz CT molecular complexity index is 294. The number of esters is 1. The van der Waals surface area contributed by atoms with E-state index in [1.165, 1.54) is 3.51 Å². The molecule has 0 amide bonds. The van der Waals surface area contributed by atoms with E-state index in [-0.39, 0.29) is 27.0 Å². The fourth-order valence-electron chi connectivity index (χ4n) is 0.971. The van der Waals surface area contributed by atoms with Crippen molar-refractivity contribution >= 4 is 30.5 Å². The molecule has 14 heavy (non-hydrogen) atoms. The minimum atomic E-state index is -0.211. The summed E-state index contributed by atoms with van der Waals surface area (Å²) in [6.45, 7) is 4.74. The van der Waals surface area contributed by atoms with Gasteiger partial charge in [0.05, 0.1) is 6.61 Å². The van der Waals surface area contributed by atoms with Crippen molar-refractivity contribution in [2.24, 2.45) is 0 Å². The van der Waals surface area contributed by atoms with E-state index in [1.807, 2.05) is 28.4 Å². The van der Waals surface area contributed by atoms with Gasteiger partial charge in [-0.1, -0.05) is 12.2 Å². The first-order chi connectivity index (χ1) is 6.72. The zero-order chi connectivity index (χ0) is 10.4. The van der Waals surface area contributed by atoms with Gasteiger partial charge in [0, 0.05) is 27.2 Å². The van der Waals surface area contributed by atoms with Crippen LogP contribution in [0.15, 0.2) is 24.4 Å². The highest BCUT2D eigenvalue weighted by atomic mass is 127. The molecule has 0 unspecified atom stereocenters. The van der Waals surface area contributed by atoms with Gasteiger partial charge in [0.1, 0.15) is 6.54 Å². The van der Waals surface area contributed by atoms with Crippen LogP contribution < -0.4 is 0 Å². The lowest BCUT2D eigenvalue weighted by atomic mass is 10.4. The maximum Gasteiger partial charge on any atom is 0.326 e. The van der Waals surface area contributed by atoms with E-state index in [2.05, 4.69) is 13.0 Å². The van der Waals surface area contributed by atoms with Crippen molar-refractivity contribution < 1.29 is 9.53 Å². The van der Waals surface area contributed by atoms with Gasteiger partial charge in [0.25, 0.3) is 0 Å². The molecule has 0 fully saturated rings. The molecule has 3 nitrogen and oxygen atoms in total. The lowest BCUT2D eigenvalue weighted by Crippen LogP contribution is -2.19. The largest absolute Gasteiger partial charge is 0.465 e. The third-order valence-corrected chi connectivity index (χ3v) is 3.92. The SMILES string of the molecule is CCOC(=O)CN1C=CC=CC(C)=I1. The Kier molecular flexibility index (Phi) is 4.86. The Morgan fingerprint density at radius 2 is 2.36 bits per heavy atom. The van der Waals surface area contributed by atoms with Crippen LogP contribution in [-0.2, 0) is 9.53 Å². The quantitative estimate of drug-likeness (QED) is 0.454. The number of rotatable bonds is 3. The molecule has 78 valence electrons. The minimum absolute atomic E-state index is 0.147. The monoisotopic (exact) mass is 307 g/mol. The van der Waals surface area contributed by atoms with E-state index in [4.69, 9.17) is 4.74 Å². The van der Waals surface area contributed by atoms with Crippen molar-refractivity contribution in [1.82, 2.24) is 3.11 Å². The van der Waals surface area contributed by atoms with Crippen LogP contribution in [0.2, 0.25) is 0 Å². The molecule has 0 aromatic carbocycles. The molecule has 0 aromatic heterocycles. The molecule has 0 radical (unpaired) electrons. The zero-order valence-electron chi connectivity index (χ0n) is 8.37. The average Bonchev–Trinajstić information content (AvgIpc) is 2.30. The van der Waals surface area contributed by atoms with Gasteiger partial charge in [0.2, 0.25) is 0 Å². The number of allylic oxidation sites excluding steroid dienone is 3. The van der Waals surface area contributed by atoms with E-state index < -0.39 is 0 Å². The van der Waals surface area contributed by atoms with E-state index in [1.54, 1.807) is 0 Å². The molecule has 0 aromatic rings. The Hall–Kier alpha value is -0.650. The summed E-state index contributed by atoms with van der Waals surface area (Å²) in [4.78, 5) is 11.2. The third kappa shape index (κ3) is 4.04. The predicted octanol–water partition coefficient (Wildman–Crippen LogP) is 2.01. The molecule has 1 heterocycles. The molecule has 4 heteroatoms. The number of halogens is 1.